The lowest BCUT2D eigenvalue weighted by atomic mass is 10.1. The Hall–Kier alpha value is -3.39. The fraction of sp³-hybridized carbons (Fsp3) is 0.450. The third kappa shape index (κ3) is 4.75. The Morgan fingerprint density at radius 1 is 1.20 bits per heavy atom. The van der Waals surface area contributed by atoms with Gasteiger partial charge in [0.25, 0.3) is 0 Å². The summed E-state index contributed by atoms with van der Waals surface area (Å²) in [5.41, 5.74) is -1.77. The molecule has 1 aliphatic heterocycles. The zero-order valence-electron chi connectivity index (χ0n) is 18.1. The number of aromatic nitrogens is 1. The van der Waals surface area contributed by atoms with Crippen molar-refractivity contribution >= 4 is 35.9 Å². The number of alkyl halides is 3. The van der Waals surface area contributed by atoms with Gasteiger partial charge in [0.2, 0.25) is 5.43 Å². The second-order valence-electron chi connectivity index (χ2n) is 8.22. The molecule has 0 bridgehead atoms. The van der Waals surface area contributed by atoms with Crippen molar-refractivity contribution in [3.63, 3.8) is 0 Å². The van der Waals surface area contributed by atoms with Gasteiger partial charge in [-0.05, 0) is 25.3 Å². The van der Waals surface area contributed by atoms with E-state index >= 15 is 4.39 Å². The van der Waals surface area contributed by atoms with Crippen molar-refractivity contribution in [3.8, 4) is 5.75 Å². The van der Waals surface area contributed by atoms with E-state index in [4.69, 9.17) is 4.74 Å². The number of hydrogen-bond donors (Lipinski definition) is 1. The lowest BCUT2D eigenvalue weighted by Crippen LogP contribution is -2.44. The largest absolute Gasteiger partial charge is 0.798 e. The van der Waals surface area contributed by atoms with Crippen LogP contribution in [0.15, 0.2) is 17.1 Å². The molecule has 1 N–H and O–H groups in total. The molecule has 1 amide bonds. The van der Waals surface area contributed by atoms with Crippen LogP contribution in [-0.2, 0) is 9.45 Å². The summed E-state index contributed by atoms with van der Waals surface area (Å²) in [5, 5.41) is 1.55. The third-order valence-electron chi connectivity index (χ3n) is 5.86. The van der Waals surface area contributed by atoms with Crippen LogP contribution in [-0.4, -0.2) is 56.3 Å². The average Bonchev–Trinajstić information content (AvgIpc) is 3.51. The van der Waals surface area contributed by atoms with Crippen LogP contribution in [0.2, 0.25) is 0 Å². The molecule has 1 atom stereocenters. The predicted molar refractivity (Wildman–Crippen MR) is 111 cm³/mol. The monoisotopic (exact) mass is 505 g/mol. The number of benzene rings is 1. The molecule has 2 heterocycles. The number of amides is 1. The van der Waals surface area contributed by atoms with Crippen molar-refractivity contribution in [2.24, 2.45) is 0 Å². The summed E-state index contributed by atoms with van der Waals surface area (Å²) in [4.78, 5) is 37.6. The van der Waals surface area contributed by atoms with Crippen LogP contribution in [0.5, 0.6) is 5.75 Å². The van der Waals surface area contributed by atoms with Gasteiger partial charge in [0.1, 0.15) is 11.3 Å². The van der Waals surface area contributed by atoms with Gasteiger partial charge in [-0.2, -0.15) is 13.2 Å². The van der Waals surface area contributed by atoms with E-state index in [-0.39, 0.29) is 47.9 Å². The number of nitrogens with zero attached hydrogens (tertiary/aromatic N) is 2. The highest BCUT2D eigenvalue weighted by Crippen LogP contribution is 2.44. The molecule has 0 unspecified atom stereocenters. The molecule has 2 aromatic rings. The van der Waals surface area contributed by atoms with Gasteiger partial charge in [-0.15, -0.1) is 0 Å². The SMILES string of the molecule is COc1c(N2CC[C@H](NC(=O)C(F)(F)F)C2)c(F)cc2c(=O)c(C(=O)OB(F)F)cn(C3CC3)c12. The Kier molecular flexibility index (Phi) is 6.36. The van der Waals surface area contributed by atoms with E-state index < -0.39 is 48.4 Å². The highest BCUT2D eigenvalue weighted by atomic mass is 19.4. The van der Waals surface area contributed by atoms with Crippen molar-refractivity contribution in [1.29, 1.82) is 0 Å². The van der Waals surface area contributed by atoms with Crippen molar-refractivity contribution in [2.45, 2.75) is 37.5 Å². The van der Waals surface area contributed by atoms with Crippen LogP contribution in [0.1, 0.15) is 35.7 Å². The molecular formula is C20H18BF6N3O5. The maximum Gasteiger partial charge on any atom is 0.798 e. The molecule has 8 nitrogen and oxygen atoms in total. The smallest absolute Gasteiger partial charge is 0.492 e. The number of methoxy groups -OCH3 is 1. The Morgan fingerprint density at radius 2 is 1.89 bits per heavy atom. The molecular weight excluding hydrogens is 487 g/mol. The maximum atomic E-state index is 15.3. The highest BCUT2D eigenvalue weighted by molar-refractivity contribution is 6.38. The summed E-state index contributed by atoms with van der Waals surface area (Å²) >= 11 is 0. The molecule has 0 spiro atoms. The standard InChI is InChI=1S/C20H18BF6N3O5/c1-34-17-14-11(16(31)12(18(32)35-21(26)27)8-30(14)10-2-3-10)6-13(22)15(17)29-5-4-9(7-29)28-19(33)20(23,24)25/h6,8-10H,2-5,7H2,1H3,(H,28,33)/t9-/m0/s1. The molecule has 2 aliphatic rings. The zero-order chi connectivity index (χ0) is 25.7. The van der Waals surface area contributed by atoms with Gasteiger partial charge in [-0.3, -0.25) is 9.59 Å². The lowest BCUT2D eigenvalue weighted by molar-refractivity contribution is -0.174. The number of rotatable bonds is 6. The first kappa shape index (κ1) is 24.7. The molecule has 1 aromatic carbocycles. The Labute approximate surface area is 194 Å². The van der Waals surface area contributed by atoms with E-state index in [9.17, 15) is 36.2 Å². The van der Waals surface area contributed by atoms with Gasteiger partial charge in [-0.1, -0.05) is 0 Å². The minimum absolute atomic E-state index is 0.0774. The molecule has 0 radical (unpaired) electrons. The minimum Gasteiger partial charge on any atom is -0.492 e. The second-order valence-corrected chi connectivity index (χ2v) is 8.22. The molecule has 1 saturated carbocycles. The quantitative estimate of drug-likeness (QED) is 0.480. The zero-order valence-corrected chi connectivity index (χ0v) is 18.1. The average molecular weight is 505 g/mol. The molecule has 4 rings (SSSR count). The van der Waals surface area contributed by atoms with Crippen LogP contribution < -0.4 is 20.4 Å². The molecule has 188 valence electrons. The number of fused-ring (bicyclic) bond motifs is 1. The summed E-state index contributed by atoms with van der Waals surface area (Å²) in [5.74, 6) is -4.76. The van der Waals surface area contributed by atoms with Crippen LogP contribution >= 0.6 is 0 Å². The van der Waals surface area contributed by atoms with Gasteiger partial charge in [0.05, 0.1) is 18.0 Å². The first-order chi connectivity index (χ1) is 16.4. The van der Waals surface area contributed by atoms with Crippen molar-refractivity contribution < 1.29 is 45.2 Å². The summed E-state index contributed by atoms with van der Waals surface area (Å²) in [6, 6.07) is -0.309. The molecule has 2 fully saturated rings. The topological polar surface area (TPSA) is 89.9 Å². The summed E-state index contributed by atoms with van der Waals surface area (Å²) in [7, 11) is -2.25. The van der Waals surface area contributed by atoms with Crippen LogP contribution in [0, 0.1) is 5.82 Å². The molecule has 15 heteroatoms. The fourth-order valence-corrected chi connectivity index (χ4v) is 4.21. The van der Waals surface area contributed by atoms with E-state index in [0.29, 0.717) is 12.8 Å². The van der Waals surface area contributed by atoms with Crippen molar-refractivity contribution in [1.82, 2.24) is 9.88 Å². The maximum absolute atomic E-state index is 15.3. The first-order valence-electron chi connectivity index (χ1n) is 10.5. The number of anilines is 1. The molecule has 35 heavy (non-hydrogen) atoms. The normalized spacial score (nSPS) is 18.0. The van der Waals surface area contributed by atoms with E-state index in [1.807, 2.05) is 5.32 Å². The Bertz CT molecular complexity index is 1250. The number of halogens is 6. The molecule has 1 aliphatic carbocycles. The molecule has 1 saturated heterocycles. The summed E-state index contributed by atoms with van der Waals surface area (Å²) in [6.07, 6.45) is -2.65. The number of nitrogens with one attached hydrogen (secondary N) is 1. The number of carbonyl (C=O) groups excluding carboxylic acids is 2. The second kappa shape index (κ2) is 9.00. The van der Waals surface area contributed by atoms with Gasteiger partial charge in [0, 0.05) is 31.4 Å². The van der Waals surface area contributed by atoms with Crippen LogP contribution in [0.3, 0.4) is 0 Å². The number of carbonyl (C=O) groups is 2. The number of ether oxygens (including phenoxy) is 1. The minimum atomic E-state index is -5.07. The number of pyridine rings is 1. The Morgan fingerprint density at radius 3 is 2.46 bits per heavy atom. The van der Waals surface area contributed by atoms with Crippen molar-refractivity contribution in [3.05, 3.63) is 33.9 Å². The van der Waals surface area contributed by atoms with E-state index in [2.05, 4.69) is 4.65 Å². The highest BCUT2D eigenvalue weighted by Gasteiger charge is 2.41. The van der Waals surface area contributed by atoms with Gasteiger partial charge >= 0.3 is 25.5 Å². The van der Waals surface area contributed by atoms with Gasteiger partial charge in [0.15, 0.2) is 11.6 Å². The molecule has 1 aromatic heterocycles. The van der Waals surface area contributed by atoms with Crippen LogP contribution in [0.4, 0.5) is 31.9 Å². The Balaban J connectivity index is 1.79. The fourth-order valence-electron chi connectivity index (χ4n) is 4.21. The lowest BCUT2D eigenvalue weighted by Gasteiger charge is -2.25. The van der Waals surface area contributed by atoms with E-state index in [1.54, 1.807) is 0 Å². The summed E-state index contributed by atoms with van der Waals surface area (Å²) in [6.45, 7) is -0.0822. The van der Waals surface area contributed by atoms with Crippen LogP contribution in [0.25, 0.3) is 10.9 Å². The van der Waals surface area contributed by atoms with E-state index in [1.165, 1.54) is 16.6 Å². The van der Waals surface area contributed by atoms with E-state index in [0.717, 1.165) is 12.3 Å². The first-order valence-corrected chi connectivity index (χ1v) is 10.5. The number of hydrogen-bond acceptors (Lipinski definition) is 6. The predicted octanol–water partition coefficient (Wildman–Crippen LogP) is 2.82. The third-order valence-corrected chi connectivity index (χ3v) is 5.86. The van der Waals surface area contributed by atoms with Gasteiger partial charge < -0.3 is 24.2 Å². The van der Waals surface area contributed by atoms with Gasteiger partial charge in [-0.25, -0.2) is 17.8 Å². The van der Waals surface area contributed by atoms with Crippen molar-refractivity contribution in [2.75, 3.05) is 25.1 Å². The summed E-state index contributed by atoms with van der Waals surface area (Å²) < 4.78 is 88.9.